The van der Waals surface area contributed by atoms with Gasteiger partial charge in [0.05, 0.1) is 19.3 Å². The summed E-state index contributed by atoms with van der Waals surface area (Å²) < 4.78 is 16.0. The lowest BCUT2D eigenvalue weighted by Gasteiger charge is -2.21. The molecule has 1 aliphatic carbocycles. The first-order chi connectivity index (χ1) is 11.3. The van der Waals surface area contributed by atoms with Gasteiger partial charge in [0.15, 0.2) is 0 Å². The van der Waals surface area contributed by atoms with E-state index in [2.05, 4.69) is 4.74 Å². The topological polar surface area (TPSA) is 61.8 Å². The first-order valence-corrected chi connectivity index (χ1v) is 8.37. The molecule has 0 bridgehead atoms. The number of benzene rings is 1. The van der Waals surface area contributed by atoms with Gasteiger partial charge >= 0.3 is 5.97 Å². The van der Waals surface area contributed by atoms with Crippen LogP contribution in [0.4, 0.5) is 0 Å². The highest BCUT2D eigenvalue weighted by molar-refractivity contribution is 6.41. The third kappa shape index (κ3) is 4.81. The zero-order chi connectivity index (χ0) is 17.7. The molecule has 0 heterocycles. The lowest BCUT2D eigenvalue weighted by Crippen LogP contribution is -2.23. The van der Waals surface area contributed by atoms with Crippen molar-refractivity contribution in [2.75, 3.05) is 20.3 Å². The predicted molar refractivity (Wildman–Crippen MR) is 90.6 cm³/mol. The van der Waals surface area contributed by atoms with Crippen molar-refractivity contribution in [3.8, 4) is 5.75 Å². The monoisotopic (exact) mass is 334 g/mol. The molecule has 0 N–H and O–H groups in total. The second kappa shape index (κ2) is 7.79. The van der Waals surface area contributed by atoms with Crippen molar-refractivity contribution in [1.29, 1.82) is 0 Å². The number of esters is 1. The minimum atomic E-state index is -0.837. The number of rotatable bonds is 6. The summed E-state index contributed by atoms with van der Waals surface area (Å²) in [5.74, 6) is -0.844. The molecule has 0 atom stereocenters. The molecular weight excluding hydrogens is 308 g/mol. The van der Waals surface area contributed by atoms with E-state index in [-0.39, 0.29) is 5.60 Å². The molecule has 0 aromatic heterocycles. The number of fused-ring (bicyclic) bond motifs is 1. The SMILES string of the molecule is COC(=O)C(=O)c1cc(OCCOC(C)(C)C)cc2c1CCCC2. The maximum Gasteiger partial charge on any atom is 0.379 e. The molecular formula is C19H26O5. The van der Waals surface area contributed by atoms with Gasteiger partial charge in [0, 0.05) is 5.56 Å². The number of ether oxygens (including phenoxy) is 3. The number of ketones is 1. The number of hydrogen-bond acceptors (Lipinski definition) is 5. The molecule has 0 radical (unpaired) electrons. The lowest BCUT2D eigenvalue weighted by atomic mass is 9.86. The third-order valence-corrected chi connectivity index (χ3v) is 3.94. The largest absolute Gasteiger partial charge is 0.491 e. The molecule has 1 aliphatic rings. The molecule has 0 saturated heterocycles. The van der Waals surface area contributed by atoms with Gasteiger partial charge in [0.1, 0.15) is 12.4 Å². The Kier molecular flexibility index (Phi) is 5.99. The number of methoxy groups -OCH3 is 1. The molecule has 0 fully saturated rings. The Labute approximate surface area is 143 Å². The fraction of sp³-hybridized carbons (Fsp3) is 0.579. The molecule has 5 nitrogen and oxygen atoms in total. The van der Waals surface area contributed by atoms with Crippen LogP contribution in [0.15, 0.2) is 12.1 Å². The van der Waals surface area contributed by atoms with Crippen molar-refractivity contribution in [3.63, 3.8) is 0 Å². The highest BCUT2D eigenvalue weighted by Gasteiger charge is 2.24. The molecule has 132 valence electrons. The van der Waals surface area contributed by atoms with E-state index in [9.17, 15) is 9.59 Å². The summed E-state index contributed by atoms with van der Waals surface area (Å²) in [5, 5.41) is 0. The number of carbonyl (C=O) groups is 2. The highest BCUT2D eigenvalue weighted by Crippen LogP contribution is 2.30. The zero-order valence-electron chi connectivity index (χ0n) is 14.9. The van der Waals surface area contributed by atoms with Crippen molar-refractivity contribution in [3.05, 3.63) is 28.8 Å². The molecule has 1 aromatic rings. The maximum absolute atomic E-state index is 12.3. The average molecular weight is 334 g/mol. The van der Waals surface area contributed by atoms with E-state index >= 15 is 0 Å². The summed E-state index contributed by atoms with van der Waals surface area (Å²) in [6.45, 7) is 6.81. The number of hydrogen-bond donors (Lipinski definition) is 0. The number of Topliss-reactive ketones (excluding diaryl/α,β-unsaturated/α-hetero) is 1. The van der Waals surface area contributed by atoms with Crippen molar-refractivity contribution in [2.45, 2.75) is 52.1 Å². The molecule has 0 spiro atoms. The fourth-order valence-electron chi connectivity index (χ4n) is 2.83. The minimum Gasteiger partial charge on any atom is -0.491 e. The second-order valence-corrected chi connectivity index (χ2v) is 6.95. The average Bonchev–Trinajstić information content (AvgIpc) is 2.55. The molecule has 0 aliphatic heterocycles. The first-order valence-electron chi connectivity index (χ1n) is 8.37. The summed E-state index contributed by atoms with van der Waals surface area (Å²) in [7, 11) is 1.22. The van der Waals surface area contributed by atoms with Gasteiger partial charge in [-0.05, 0) is 69.7 Å². The third-order valence-electron chi connectivity index (χ3n) is 3.94. The van der Waals surface area contributed by atoms with Crippen LogP contribution in [0.5, 0.6) is 5.75 Å². The summed E-state index contributed by atoms with van der Waals surface area (Å²) in [6.07, 6.45) is 3.80. The summed E-state index contributed by atoms with van der Waals surface area (Å²) in [5.41, 5.74) is 2.23. The van der Waals surface area contributed by atoms with Gasteiger partial charge in [0.25, 0.3) is 5.78 Å². The first kappa shape index (κ1) is 18.5. The maximum atomic E-state index is 12.3. The van der Waals surface area contributed by atoms with E-state index in [1.54, 1.807) is 6.07 Å². The van der Waals surface area contributed by atoms with Crippen molar-refractivity contribution < 1.29 is 23.8 Å². The smallest absolute Gasteiger partial charge is 0.379 e. The van der Waals surface area contributed by atoms with Crippen molar-refractivity contribution >= 4 is 11.8 Å². The van der Waals surface area contributed by atoms with Crippen LogP contribution in [-0.4, -0.2) is 37.7 Å². The van der Waals surface area contributed by atoms with Crippen molar-refractivity contribution in [1.82, 2.24) is 0 Å². The van der Waals surface area contributed by atoms with Crippen LogP contribution in [0, 0.1) is 0 Å². The lowest BCUT2D eigenvalue weighted by molar-refractivity contribution is -0.135. The summed E-state index contributed by atoms with van der Waals surface area (Å²) in [4.78, 5) is 24.0. The Morgan fingerprint density at radius 3 is 2.46 bits per heavy atom. The van der Waals surface area contributed by atoms with Crippen LogP contribution in [0.3, 0.4) is 0 Å². The van der Waals surface area contributed by atoms with Gasteiger partial charge in [-0.2, -0.15) is 0 Å². The van der Waals surface area contributed by atoms with Gasteiger partial charge in [0.2, 0.25) is 0 Å². The molecule has 0 amide bonds. The van der Waals surface area contributed by atoms with Gasteiger partial charge in [-0.3, -0.25) is 4.79 Å². The van der Waals surface area contributed by atoms with Crippen LogP contribution in [0.25, 0.3) is 0 Å². The van der Waals surface area contributed by atoms with E-state index in [0.717, 1.165) is 36.8 Å². The fourth-order valence-corrected chi connectivity index (χ4v) is 2.83. The highest BCUT2D eigenvalue weighted by atomic mass is 16.5. The Morgan fingerprint density at radius 1 is 1.08 bits per heavy atom. The van der Waals surface area contributed by atoms with Gasteiger partial charge in [-0.1, -0.05) is 0 Å². The molecule has 2 rings (SSSR count). The Hall–Kier alpha value is -1.88. The standard InChI is InChI=1S/C19H26O5/c1-19(2,3)24-10-9-23-14-11-13-7-5-6-8-15(13)16(12-14)17(20)18(21)22-4/h11-12H,5-10H2,1-4H3. The molecule has 0 saturated carbocycles. The van der Waals surface area contributed by atoms with E-state index in [1.165, 1.54) is 7.11 Å². The second-order valence-electron chi connectivity index (χ2n) is 6.95. The van der Waals surface area contributed by atoms with E-state index in [4.69, 9.17) is 9.47 Å². The Bertz CT molecular complexity index is 613. The van der Waals surface area contributed by atoms with Crippen LogP contribution < -0.4 is 4.74 Å². The molecule has 0 unspecified atom stereocenters. The summed E-state index contributed by atoms with van der Waals surface area (Å²) in [6, 6.07) is 3.63. The van der Waals surface area contributed by atoms with E-state index in [1.807, 2.05) is 26.8 Å². The van der Waals surface area contributed by atoms with Gasteiger partial charge in [-0.15, -0.1) is 0 Å². The Balaban J connectivity index is 2.17. The van der Waals surface area contributed by atoms with Gasteiger partial charge < -0.3 is 14.2 Å². The summed E-state index contributed by atoms with van der Waals surface area (Å²) >= 11 is 0. The molecule has 24 heavy (non-hydrogen) atoms. The predicted octanol–water partition coefficient (Wildman–Crippen LogP) is 3.12. The zero-order valence-corrected chi connectivity index (χ0v) is 14.9. The molecule has 5 heteroatoms. The van der Waals surface area contributed by atoms with Crippen LogP contribution in [-0.2, 0) is 27.1 Å². The minimum absolute atomic E-state index is 0.217. The van der Waals surface area contributed by atoms with Crippen LogP contribution in [0.2, 0.25) is 0 Å². The van der Waals surface area contributed by atoms with Crippen LogP contribution >= 0.6 is 0 Å². The van der Waals surface area contributed by atoms with Gasteiger partial charge in [-0.25, -0.2) is 4.79 Å². The quantitative estimate of drug-likeness (QED) is 0.346. The molecule has 1 aromatic carbocycles. The van der Waals surface area contributed by atoms with E-state index < -0.39 is 11.8 Å². The number of aryl methyl sites for hydroxylation is 1. The number of carbonyl (C=O) groups excluding carboxylic acids is 2. The van der Waals surface area contributed by atoms with Crippen molar-refractivity contribution in [2.24, 2.45) is 0 Å². The normalized spacial score (nSPS) is 14.0. The Morgan fingerprint density at radius 2 is 1.79 bits per heavy atom. The van der Waals surface area contributed by atoms with E-state index in [0.29, 0.717) is 24.5 Å². The van der Waals surface area contributed by atoms with Crippen LogP contribution in [0.1, 0.15) is 55.1 Å².